The maximum Gasteiger partial charge on any atom is 0.262 e. The third kappa shape index (κ3) is 6.92. The molecule has 0 bridgehead atoms. The number of nitrogens with one attached hydrogen (secondary N) is 1. The molecular formula is C24H28N2O2. The number of carbonyl (C=O) groups excluding carboxylic acids is 1. The van der Waals surface area contributed by atoms with Crippen LogP contribution in [0.2, 0.25) is 0 Å². The minimum absolute atomic E-state index is 0.0796. The maximum absolute atomic E-state index is 12.4. The Morgan fingerprint density at radius 3 is 2.46 bits per heavy atom. The monoisotopic (exact) mass is 376 g/mol. The molecule has 0 radical (unpaired) electrons. The first kappa shape index (κ1) is 21.2. The van der Waals surface area contributed by atoms with Crippen LogP contribution in [0.3, 0.4) is 0 Å². The van der Waals surface area contributed by atoms with Gasteiger partial charge in [0.25, 0.3) is 5.91 Å². The number of carbonyl (C=O) groups is 1. The normalized spacial score (nSPS) is 12.1. The van der Waals surface area contributed by atoms with E-state index >= 15 is 0 Å². The number of nitrogens with zero attached hydrogens (tertiary/aromatic N) is 1. The summed E-state index contributed by atoms with van der Waals surface area (Å²) in [6.07, 6.45) is 6.26. The molecule has 0 aliphatic heterocycles. The Balaban J connectivity index is 1.94. The zero-order valence-electron chi connectivity index (χ0n) is 16.7. The van der Waals surface area contributed by atoms with E-state index in [9.17, 15) is 10.1 Å². The van der Waals surface area contributed by atoms with Gasteiger partial charge in [0.15, 0.2) is 0 Å². The first-order valence-electron chi connectivity index (χ1n) is 9.84. The molecule has 2 aromatic rings. The van der Waals surface area contributed by atoms with Crippen molar-refractivity contribution in [1.82, 2.24) is 5.32 Å². The Morgan fingerprint density at radius 2 is 1.82 bits per heavy atom. The quantitative estimate of drug-likeness (QED) is 0.342. The molecule has 0 aromatic heterocycles. The van der Waals surface area contributed by atoms with Crippen LogP contribution in [0, 0.1) is 11.3 Å². The Labute approximate surface area is 167 Å². The van der Waals surface area contributed by atoms with Crippen LogP contribution in [0.5, 0.6) is 5.75 Å². The van der Waals surface area contributed by atoms with E-state index in [0.717, 1.165) is 23.3 Å². The molecule has 4 heteroatoms. The molecule has 0 spiro atoms. The largest absolute Gasteiger partial charge is 0.494 e. The van der Waals surface area contributed by atoms with Gasteiger partial charge in [-0.1, -0.05) is 68.7 Å². The molecule has 2 rings (SSSR count). The van der Waals surface area contributed by atoms with E-state index in [4.69, 9.17) is 4.74 Å². The van der Waals surface area contributed by atoms with Gasteiger partial charge in [-0.25, -0.2) is 0 Å². The summed E-state index contributed by atoms with van der Waals surface area (Å²) in [6.45, 7) is 4.79. The molecule has 1 amide bonds. The number of hydrogen-bond donors (Lipinski definition) is 1. The van der Waals surface area contributed by atoms with Crippen LogP contribution in [-0.4, -0.2) is 12.5 Å². The van der Waals surface area contributed by atoms with Crippen molar-refractivity contribution in [3.8, 4) is 11.8 Å². The van der Waals surface area contributed by atoms with E-state index in [-0.39, 0.29) is 17.5 Å². The fourth-order valence-electron chi connectivity index (χ4n) is 2.79. The molecule has 1 atom stereocenters. The van der Waals surface area contributed by atoms with Crippen LogP contribution >= 0.6 is 0 Å². The molecule has 0 fully saturated rings. The van der Waals surface area contributed by atoms with Gasteiger partial charge in [0.2, 0.25) is 0 Å². The number of ether oxygens (including phenoxy) is 1. The molecule has 0 aliphatic rings. The van der Waals surface area contributed by atoms with Gasteiger partial charge < -0.3 is 10.1 Å². The molecule has 0 saturated carbocycles. The summed E-state index contributed by atoms with van der Waals surface area (Å²) in [6, 6.07) is 18.9. The Bertz CT molecular complexity index is 805. The van der Waals surface area contributed by atoms with E-state index < -0.39 is 0 Å². The van der Waals surface area contributed by atoms with Gasteiger partial charge in [-0.15, -0.1) is 0 Å². The van der Waals surface area contributed by atoms with Gasteiger partial charge >= 0.3 is 0 Å². The molecule has 2 aromatic carbocycles. The highest BCUT2D eigenvalue weighted by Crippen LogP contribution is 2.16. The highest BCUT2D eigenvalue weighted by Gasteiger charge is 2.13. The molecule has 4 nitrogen and oxygen atoms in total. The third-order valence-electron chi connectivity index (χ3n) is 4.47. The van der Waals surface area contributed by atoms with Gasteiger partial charge in [-0.2, -0.15) is 5.26 Å². The van der Waals surface area contributed by atoms with Crippen molar-refractivity contribution in [2.45, 2.75) is 45.6 Å². The second-order valence-electron chi connectivity index (χ2n) is 6.75. The fraction of sp³-hybridized carbons (Fsp3) is 0.333. The van der Waals surface area contributed by atoms with Gasteiger partial charge in [-0.3, -0.25) is 4.79 Å². The number of rotatable bonds is 10. The highest BCUT2D eigenvalue weighted by atomic mass is 16.5. The van der Waals surface area contributed by atoms with Crippen LogP contribution in [0.25, 0.3) is 6.08 Å². The smallest absolute Gasteiger partial charge is 0.262 e. The summed E-state index contributed by atoms with van der Waals surface area (Å²) in [5, 5.41) is 12.2. The summed E-state index contributed by atoms with van der Waals surface area (Å²) in [5.74, 6) is 0.421. The summed E-state index contributed by atoms with van der Waals surface area (Å²) in [7, 11) is 0. The third-order valence-corrected chi connectivity index (χ3v) is 4.47. The van der Waals surface area contributed by atoms with Crippen LogP contribution in [0.4, 0.5) is 0 Å². The lowest BCUT2D eigenvalue weighted by Crippen LogP contribution is -2.27. The van der Waals surface area contributed by atoms with Crippen molar-refractivity contribution < 1.29 is 9.53 Å². The van der Waals surface area contributed by atoms with Crippen LogP contribution in [0.15, 0.2) is 60.2 Å². The lowest BCUT2D eigenvalue weighted by Gasteiger charge is -2.13. The van der Waals surface area contributed by atoms with Crippen molar-refractivity contribution in [2.75, 3.05) is 6.61 Å². The predicted molar refractivity (Wildman–Crippen MR) is 113 cm³/mol. The van der Waals surface area contributed by atoms with E-state index in [0.29, 0.717) is 6.61 Å². The van der Waals surface area contributed by atoms with E-state index in [1.807, 2.05) is 67.6 Å². The van der Waals surface area contributed by atoms with E-state index in [1.54, 1.807) is 6.08 Å². The molecule has 0 unspecified atom stereocenters. The summed E-state index contributed by atoms with van der Waals surface area (Å²) >= 11 is 0. The number of nitriles is 1. The van der Waals surface area contributed by atoms with Gasteiger partial charge in [0.05, 0.1) is 12.6 Å². The van der Waals surface area contributed by atoms with Crippen molar-refractivity contribution in [3.63, 3.8) is 0 Å². The molecule has 0 saturated heterocycles. The van der Waals surface area contributed by atoms with Crippen molar-refractivity contribution in [1.29, 1.82) is 5.26 Å². The highest BCUT2D eigenvalue weighted by molar-refractivity contribution is 6.01. The number of unbranched alkanes of at least 4 members (excludes halogenated alkanes) is 3. The molecule has 146 valence electrons. The van der Waals surface area contributed by atoms with E-state index in [1.165, 1.54) is 19.3 Å². The molecule has 0 aliphatic carbocycles. The molecule has 0 heterocycles. The van der Waals surface area contributed by atoms with E-state index in [2.05, 4.69) is 12.2 Å². The zero-order chi connectivity index (χ0) is 20.2. The zero-order valence-corrected chi connectivity index (χ0v) is 16.7. The summed E-state index contributed by atoms with van der Waals surface area (Å²) in [5.41, 5.74) is 1.86. The first-order valence-corrected chi connectivity index (χ1v) is 9.84. The number of benzene rings is 2. The van der Waals surface area contributed by atoms with Crippen molar-refractivity contribution in [2.24, 2.45) is 0 Å². The minimum atomic E-state index is -0.380. The van der Waals surface area contributed by atoms with Crippen LogP contribution < -0.4 is 10.1 Å². The second-order valence-corrected chi connectivity index (χ2v) is 6.75. The van der Waals surface area contributed by atoms with Crippen molar-refractivity contribution >= 4 is 12.0 Å². The molecular weight excluding hydrogens is 348 g/mol. The van der Waals surface area contributed by atoms with Crippen LogP contribution in [0.1, 0.15) is 56.7 Å². The Kier molecular flexibility index (Phi) is 8.81. The summed E-state index contributed by atoms with van der Waals surface area (Å²) < 4.78 is 5.72. The lowest BCUT2D eigenvalue weighted by atomic mass is 10.1. The summed E-state index contributed by atoms with van der Waals surface area (Å²) in [4.78, 5) is 12.4. The van der Waals surface area contributed by atoms with Gasteiger partial charge in [0, 0.05) is 0 Å². The predicted octanol–water partition coefficient (Wildman–Crippen LogP) is 5.43. The van der Waals surface area contributed by atoms with Crippen LogP contribution in [-0.2, 0) is 4.79 Å². The van der Waals surface area contributed by atoms with Gasteiger partial charge in [-0.05, 0) is 42.7 Å². The molecule has 28 heavy (non-hydrogen) atoms. The second kappa shape index (κ2) is 11.6. The first-order chi connectivity index (χ1) is 13.6. The lowest BCUT2D eigenvalue weighted by molar-refractivity contribution is -0.117. The molecule has 1 N–H and O–H groups in total. The maximum atomic E-state index is 12.4. The Hall–Kier alpha value is -3.06. The standard InChI is InChI=1S/C24H28N2O2/c1-3-4-5-9-16-28-23-14-12-20(13-15-23)17-22(18-25)24(27)26-19(2)21-10-7-6-8-11-21/h6-8,10-15,17,19H,3-5,9,16H2,1-2H3,(H,26,27)/b22-17+/t19-/m1/s1. The fourth-order valence-corrected chi connectivity index (χ4v) is 2.79. The SMILES string of the molecule is CCCCCCOc1ccc(/C=C(\C#N)C(=O)N[C@H](C)c2ccccc2)cc1. The van der Waals surface area contributed by atoms with Crippen molar-refractivity contribution in [3.05, 3.63) is 71.3 Å². The average Bonchev–Trinajstić information content (AvgIpc) is 2.73. The topological polar surface area (TPSA) is 62.1 Å². The average molecular weight is 377 g/mol. The van der Waals surface area contributed by atoms with Gasteiger partial charge in [0.1, 0.15) is 17.4 Å². The number of hydrogen-bond acceptors (Lipinski definition) is 3. The minimum Gasteiger partial charge on any atom is -0.494 e. The Morgan fingerprint density at radius 1 is 1.11 bits per heavy atom. The number of amides is 1.